The number of hydrogen-bond acceptors (Lipinski definition) is 4. The smallest absolute Gasteiger partial charge is 0.300 e. The van der Waals surface area contributed by atoms with Crippen LogP contribution in [0.5, 0.6) is 0 Å². The zero-order valence-corrected chi connectivity index (χ0v) is 7.16. The van der Waals surface area contributed by atoms with Gasteiger partial charge in [0.2, 0.25) is 0 Å². The summed E-state index contributed by atoms with van der Waals surface area (Å²) < 4.78 is 0. The van der Waals surface area contributed by atoms with E-state index in [2.05, 4.69) is 22.2 Å². The topological polar surface area (TPSA) is 114 Å². The molecule has 10 heavy (non-hydrogen) atoms. The molecule has 0 aliphatic rings. The van der Waals surface area contributed by atoms with Gasteiger partial charge in [0, 0.05) is 6.92 Å². The molecule has 0 atom stereocenters. The summed E-state index contributed by atoms with van der Waals surface area (Å²) in [7, 11) is 0. The molecule has 0 saturated carbocycles. The number of nitrogens with one attached hydrogen (secondary N) is 1. The summed E-state index contributed by atoms with van der Waals surface area (Å²) >= 11 is 0. The van der Waals surface area contributed by atoms with Crippen molar-refractivity contribution in [3.63, 3.8) is 0 Å². The van der Waals surface area contributed by atoms with Crippen LogP contribution in [0.15, 0.2) is 5.10 Å². The second-order valence-electron chi connectivity index (χ2n) is 0.964. The van der Waals surface area contributed by atoms with E-state index in [1.54, 1.807) is 0 Å². The van der Waals surface area contributed by atoms with Crippen LogP contribution in [0, 0.1) is 0 Å². The highest BCUT2D eigenvalue weighted by atomic mass is 79.9. The van der Waals surface area contributed by atoms with Gasteiger partial charge in [-0.3, -0.25) is 4.79 Å². The molecule has 0 radical (unpaired) electrons. The third kappa shape index (κ3) is 197. The van der Waals surface area contributed by atoms with Gasteiger partial charge in [0.15, 0.2) is 0 Å². The van der Waals surface area contributed by atoms with E-state index in [1.807, 2.05) is 0 Å². The van der Waals surface area contributed by atoms with E-state index in [-0.39, 0.29) is 17.0 Å². The molecule has 0 rings (SSSR count). The summed E-state index contributed by atoms with van der Waals surface area (Å²) in [5, 5.41) is 10.4. The lowest BCUT2D eigenvalue weighted by molar-refractivity contribution is -0.134. The van der Waals surface area contributed by atoms with Crippen molar-refractivity contribution >= 4 is 29.3 Å². The lowest BCUT2D eigenvalue weighted by atomic mass is 10.9. The van der Waals surface area contributed by atoms with E-state index in [9.17, 15) is 0 Å². The van der Waals surface area contributed by atoms with Crippen LogP contribution in [0.25, 0.3) is 0 Å². The summed E-state index contributed by atoms with van der Waals surface area (Å²) in [6.45, 7) is 1.08. The van der Waals surface area contributed by atoms with Gasteiger partial charge in [-0.15, -0.1) is 17.0 Å². The van der Waals surface area contributed by atoms with E-state index in [1.165, 1.54) is 6.34 Å². The van der Waals surface area contributed by atoms with Crippen LogP contribution in [-0.4, -0.2) is 17.4 Å². The lowest BCUT2D eigenvalue weighted by Crippen LogP contribution is -2.19. The van der Waals surface area contributed by atoms with Crippen molar-refractivity contribution in [1.82, 2.24) is 5.43 Å². The van der Waals surface area contributed by atoms with Gasteiger partial charge in [-0.05, 0) is 0 Å². The molecule has 0 amide bonds. The van der Waals surface area contributed by atoms with E-state index in [0.717, 1.165) is 6.92 Å². The first kappa shape index (κ1) is 16.1. The third-order valence-electron chi connectivity index (χ3n) is 0.149. The Morgan fingerprint density at radius 1 is 1.80 bits per heavy atom. The highest BCUT2D eigenvalue weighted by Crippen LogP contribution is 1.42. The molecule has 0 aliphatic heterocycles. The van der Waals surface area contributed by atoms with Crippen LogP contribution in [0.3, 0.4) is 0 Å². The molecule has 0 unspecified atom stereocenters. The van der Waals surface area contributed by atoms with Gasteiger partial charge in [0.05, 0.1) is 0 Å². The van der Waals surface area contributed by atoms with Crippen molar-refractivity contribution in [2.75, 3.05) is 0 Å². The number of carbonyl (C=O) groups is 1. The number of rotatable bonds is 1. The van der Waals surface area contributed by atoms with Crippen LogP contribution >= 0.6 is 17.0 Å². The molecular weight excluding hydrogens is 204 g/mol. The number of hydrazone groups is 1. The van der Waals surface area contributed by atoms with Crippen molar-refractivity contribution < 1.29 is 9.90 Å². The molecule has 0 aromatic heterocycles. The Morgan fingerprint density at radius 3 is 2.10 bits per heavy atom. The number of carboxylic acids is 1. The van der Waals surface area contributed by atoms with Crippen LogP contribution in [-0.2, 0) is 4.79 Å². The maximum Gasteiger partial charge on any atom is 0.300 e. The van der Waals surface area contributed by atoms with Crippen LogP contribution in [0.4, 0.5) is 0 Å². The van der Waals surface area contributed by atoms with Gasteiger partial charge in [-0.25, -0.2) is 5.84 Å². The van der Waals surface area contributed by atoms with Crippen molar-refractivity contribution in [3.05, 3.63) is 0 Å². The molecule has 0 aromatic carbocycles. The fourth-order valence-electron chi connectivity index (χ4n) is 0.0430. The Kier molecular flexibility index (Phi) is 25.3. The molecular formula is C3H11BrN4O2. The summed E-state index contributed by atoms with van der Waals surface area (Å²) in [5.41, 5.74) is 2.10. The van der Waals surface area contributed by atoms with E-state index >= 15 is 0 Å². The minimum Gasteiger partial charge on any atom is -0.481 e. The van der Waals surface area contributed by atoms with E-state index in [0.29, 0.717) is 0 Å². The standard InChI is InChI=1S/C2H4O2.CH6N4.BrH/c1-2(3)4;2-4-1-5-3;/h1H3,(H,3,4);1H,2-3H2,(H,4,5);1H. The number of carboxylic acid groups (broad SMARTS) is 1. The monoisotopic (exact) mass is 214 g/mol. The van der Waals surface area contributed by atoms with Gasteiger partial charge < -0.3 is 16.4 Å². The molecule has 6 N–H and O–H groups in total. The summed E-state index contributed by atoms with van der Waals surface area (Å²) in [6.07, 6.45) is 1.18. The van der Waals surface area contributed by atoms with Crippen molar-refractivity contribution in [2.45, 2.75) is 6.92 Å². The Bertz CT molecular complexity index is 92.5. The number of hydrogen-bond donors (Lipinski definition) is 4. The molecule has 62 valence electrons. The maximum atomic E-state index is 9.00. The predicted molar refractivity (Wildman–Crippen MR) is 43.6 cm³/mol. The number of nitrogens with zero attached hydrogens (tertiary/aromatic N) is 1. The number of aliphatic carboxylic acids is 1. The SMILES string of the molecule is Br.CC(=O)O.NN=CNN. The van der Waals surface area contributed by atoms with Gasteiger partial charge >= 0.3 is 0 Å². The van der Waals surface area contributed by atoms with Crippen LogP contribution in [0.1, 0.15) is 6.92 Å². The van der Waals surface area contributed by atoms with Crippen LogP contribution < -0.4 is 17.1 Å². The fourth-order valence-corrected chi connectivity index (χ4v) is 0.0430. The molecule has 0 saturated heterocycles. The molecule has 0 aromatic rings. The summed E-state index contributed by atoms with van der Waals surface area (Å²) in [6, 6.07) is 0. The number of hydrazine groups is 1. The zero-order valence-electron chi connectivity index (χ0n) is 5.44. The Balaban J connectivity index is -0.0000000910. The first-order valence-electron chi connectivity index (χ1n) is 2.02. The third-order valence-corrected chi connectivity index (χ3v) is 0.149. The predicted octanol–water partition coefficient (Wildman–Crippen LogP) is -0.980. The van der Waals surface area contributed by atoms with E-state index in [4.69, 9.17) is 9.90 Å². The average molecular weight is 215 g/mol. The molecule has 7 heteroatoms. The van der Waals surface area contributed by atoms with Crippen LogP contribution in [0.2, 0.25) is 0 Å². The minimum atomic E-state index is -0.833. The molecule has 0 fully saturated rings. The van der Waals surface area contributed by atoms with Crippen molar-refractivity contribution in [1.29, 1.82) is 0 Å². The quantitative estimate of drug-likeness (QED) is 0.194. The van der Waals surface area contributed by atoms with Gasteiger partial charge in [0.25, 0.3) is 5.97 Å². The van der Waals surface area contributed by atoms with Crippen molar-refractivity contribution in [3.8, 4) is 0 Å². The number of halogens is 1. The average Bonchev–Trinajstić information content (AvgIpc) is 1.66. The number of nitrogens with two attached hydrogens (primary N) is 2. The highest BCUT2D eigenvalue weighted by Gasteiger charge is 1.65. The molecule has 0 bridgehead atoms. The highest BCUT2D eigenvalue weighted by molar-refractivity contribution is 8.93. The zero-order chi connectivity index (χ0) is 7.70. The largest absolute Gasteiger partial charge is 0.481 e. The first-order valence-corrected chi connectivity index (χ1v) is 2.02. The molecule has 0 heterocycles. The van der Waals surface area contributed by atoms with E-state index < -0.39 is 5.97 Å². The lowest BCUT2D eigenvalue weighted by Gasteiger charge is -1.75. The van der Waals surface area contributed by atoms with Gasteiger partial charge in [0.1, 0.15) is 6.34 Å². The second kappa shape index (κ2) is 15.7. The van der Waals surface area contributed by atoms with Gasteiger partial charge in [-0.2, -0.15) is 5.10 Å². The summed E-state index contributed by atoms with van der Waals surface area (Å²) in [4.78, 5) is 9.00. The second-order valence-corrected chi connectivity index (χ2v) is 0.964. The fraction of sp³-hybridized carbons (Fsp3) is 0.333. The minimum absolute atomic E-state index is 0. The maximum absolute atomic E-state index is 9.00. The Hall–Kier alpha value is -0.820. The molecule has 6 nitrogen and oxygen atoms in total. The molecule has 0 aliphatic carbocycles. The molecule has 0 spiro atoms. The Morgan fingerprint density at radius 2 is 2.10 bits per heavy atom. The summed E-state index contributed by atoms with van der Waals surface area (Å²) in [5.74, 6) is 8.39. The first-order chi connectivity index (χ1) is 4.15. The Labute approximate surface area is 69.0 Å². The normalized spacial score (nSPS) is 7.00. The van der Waals surface area contributed by atoms with Crippen molar-refractivity contribution in [2.24, 2.45) is 16.8 Å². The van der Waals surface area contributed by atoms with Gasteiger partial charge in [-0.1, -0.05) is 0 Å².